The van der Waals surface area contributed by atoms with Gasteiger partial charge >= 0.3 is 0 Å². The maximum Gasteiger partial charge on any atom is 0.205 e. The van der Waals surface area contributed by atoms with Gasteiger partial charge in [-0.15, -0.1) is 0 Å². The van der Waals surface area contributed by atoms with E-state index in [0.29, 0.717) is 35.7 Å². The number of benzene rings is 2. The summed E-state index contributed by atoms with van der Waals surface area (Å²) in [7, 11) is 3.10. The lowest BCUT2D eigenvalue weighted by Gasteiger charge is -2.34. The third kappa shape index (κ3) is 3.29. The average Bonchev–Trinajstić information content (AvgIpc) is 2.78. The summed E-state index contributed by atoms with van der Waals surface area (Å²) in [5.74, 6) is 1.05. The Labute approximate surface area is 175 Å². The van der Waals surface area contributed by atoms with Crippen molar-refractivity contribution >= 4 is 5.78 Å². The molecule has 0 radical (unpaired) electrons. The second kappa shape index (κ2) is 7.96. The molecule has 1 aliphatic heterocycles. The van der Waals surface area contributed by atoms with Crippen molar-refractivity contribution in [3.8, 4) is 17.6 Å². The minimum atomic E-state index is -0.595. The zero-order valence-electron chi connectivity index (χ0n) is 16.8. The maximum absolute atomic E-state index is 13.3. The van der Waals surface area contributed by atoms with Crippen molar-refractivity contribution in [2.24, 2.45) is 5.73 Å². The van der Waals surface area contributed by atoms with Gasteiger partial charge < -0.3 is 19.9 Å². The Kier molecular flexibility index (Phi) is 5.20. The van der Waals surface area contributed by atoms with E-state index in [-0.39, 0.29) is 23.2 Å². The number of ether oxygens (including phenoxy) is 3. The first-order valence-electron chi connectivity index (χ1n) is 9.68. The molecule has 2 N–H and O–H groups in total. The summed E-state index contributed by atoms with van der Waals surface area (Å²) in [6, 6.07) is 17.4. The number of allylic oxidation sites excluding steroid dienone is 3. The molecule has 1 heterocycles. The highest BCUT2D eigenvalue weighted by atomic mass is 16.5. The highest BCUT2D eigenvalue weighted by molar-refractivity contribution is 6.00. The van der Waals surface area contributed by atoms with Gasteiger partial charge in [0.05, 0.1) is 20.1 Å². The van der Waals surface area contributed by atoms with Crippen LogP contribution in [0.2, 0.25) is 0 Å². The third-order valence-corrected chi connectivity index (χ3v) is 5.67. The van der Waals surface area contributed by atoms with Gasteiger partial charge in [0.25, 0.3) is 0 Å². The Hall–Kier alpha value is -3.72. The van der Waals surface area contributed by atoms with Crippen molar-refractivity contribution in [3.05, 3.63) is 82.4 Å². The Morgan fingerprint density at radius 1 is 1.03 bits per heavy atom. The van der Waals surface area contributed by atoms with Gasteiger partial charge in [0.1, 0.15) is 17.4 Å². The molecule has 0 unspecified atom stereocenters. The number of carbonyl (C=O) groups is 1. The molecule has 2 aromatic carbocycles. The number of ketones is 1. The van der Waals surface area contributed by atoms with Crippen LogP contribution in [-0.4, -0.2) is 20.0 Å². The Balaban J connectivity index is 1.80. The molecule has 0 amide bonds. The monoisotopic (exact) mass is 402 g/mol. The molecule has 2 aromatic rings. The first kappa shape index (κ1) is 19.6. The Morgan fingerprint density at radius 2 is 1.77 bits per heavy atom. The van der Waals surface area contributed by atoms with Crippen molar-refractivity contribution < 1.29 is 19.0 Å². The van der Waals surface area contributed by atoms with E-state index in [4.69, 9.17) is 19.9 Å². The molecule has 6 nitrogen and oxygen atoms in total. The smallest absolute Gasteiger partial charge is 0.205 e. The summed E-state index contributed by atoms with van der Waals surface area (Å²) in [5.41, 5.74) is 8.66. The third-order valence-electron chi connectivity index (χ3n) is 5.67. The molecule has 30 heavy (non-hydrogen) atoms. The molecule has 6 heteroatoms. The number of carbonyl (C=O) groups excluding carboxylic acids is 1. The summed E-state index contributed by atoms with van der Waals surface area (Å²) >= 11 is 0. The number of Topliss-reactive ketones (excluding diaryl/α,β-unsaturated/α-hetero) is 1. The second-order valence-electron chi connectivity index (χ2n) is 7.32. The summed E-state index contributed by atoms with van der Waals surface area (Å²) in [6.07, 6.45) is 0.906. The van der Waals surface area contributed by atoms with E-state index in [1.165, 1.54) is 0 Å². The largest absolute Gasteiger partial charge is 0.493 e. The minimum Gasteiger partial charge on any atom is -0.493 e. The van der Waals surface area contributed by atoms with Crippen LogP contribution in [0, 0.1) is 11.3 Å². The number of methoxy groups -OCH3 is 2. The average molecular weight is 402 g/mol. The Morgan fingerprint density at radius 3 is 2.43 bits per heavy atom. The van der Waals surface area contributed by atoms with Crippen LogP contribution in [-0.2, 0) is 9.53 Å². The zero-order chi connectivity index (χ0) is 21.3. The van der Waals surface area contributed by atoms with Crippen molar-refractivity contribution in [1.29, 1.82) is 5.26 Å². The molecule has 0 saturated carbocycles. The number of nitriles is 1. The van der Waals surface area contributed by atoms with Crippen molar-refractivity contribution in [3.63, 3.8) is 0 Å². The summed E-state index contributed by atoms with van der Waals surface area (Å²) in [5, 5.41) is 9.77. The lowest BCUT2D eigenvalue weighted by molar-refractivity contribution is -0.117. The van der Waals surface area contributed by atoms with Crippen LogP contribution >= 0.6 is 0 Å². The highest BCUT2D eigenvalue weighted by Gasteiger charge is 2.41. The van der Waals surface area contributed by atoms with Crippen LogP contribution in [0.1, 0.15) is 35.8 Å². The van der Waals surface area contributed by atoms with E-state index in [1.54, 1.807) is 26.4 Å². The molecule has 0 fully saturated rings. The topological polar surface area (TPSA) is 94.6 Å². The molecule has 2 aliphatic rings. The maximum atomic E-state index is 13.3. The summed E-state index contributed by atoms with van der Waals surface area (Å²) < 4.78 is 16.5. The predicted molar refractivity (Wildman–Crippen MR) is 111 cm³/mol. The van der Waals surface area contributed by atoms with Crippen LogP contribution in [0.5, 0.6) is 11.5 Å². The summed E-state index contributed by atoms with van der Waals surface area (Å²) in [4.78, 5) is 13.3. The normalized spacial score (nSPS) is 20.9. The predicted octanol–water partition coefficient (Wildman–Crippen LogP) is 3.91. The molecule has 0 bridgehead atoms. The molecular formula is C24H22N2O4. The van der Waals surface area contributed by atoms with E-state index in [2.05, 4.69) is 6.07 Å². The van der Waals surface area contributed by atoms with Crippen molar-refractivity contribution in [2.45, 2.75) is 24.7 Å². The zero-order valence-corrected chi connectivity index (χ0v) is 16.8. The van der Waals surface area contributed by atoms with E-state index in [1.807, 2.05) is 36.4 Å². The Bertz CT molecular complexity index is 1100. The summed E-state index contributed by atoms with van der Waals surface area (Å²) in [6.45, 7) is 0. The first-order chi connectivity index (χ1) is 14.6. The van der Waals surface area contributed by atoms with Gasteiger partial charge in [-0.25, -0.2) is 0 Å². The van der Waals surface area contributed by atoms with E-state index >= 15 is 0 Å². The van der Waals surface area contributed by atoms with Crippen LogP contribution in [0.15, 0.2) is 71.3 Å². The molecule has 1 aliphatic carbocycles. The lowest BCUT2D eigenvalue weighted by Crippen LogP contribution is -2.29. The molecule has 4 rings (SSSR count). The van der Waals surface area contributed by atoms with E-state index < -0.39 is 5.92 Å². The van der Waals surface area contributed by atoms with Crippen molar-refractivity contribution in [2.75, 3.05) is 14.2 Å². The number of hydrogen-bond donors (Lipinski definition) is 1. The van der Waals surface area contributed by atoms with E-state index in [0.717, 1.165) is 11.1 Å². The van der Waals surface area contributed by atoms with Gasteiger partial charge in [0.2, 0.25) is 5.88 Å². The van der Waals surface area contributed by atoms with Gasteiger partial charge in [-0.2, -0.15) is 5.26 Å². The van der Waals surface area contributed by atoms with Gasteiger partial charge in [0, 0.05) is 18.4 Å². The second-order valence-corrected chi connectivity index (χ2v) is 7.32. The number of nitrogens with two attached hydrogens (primary N) is 1. The SMILES string of the molecule is COc1ccc([C@@H]2C(C#N)=C(N)OC3=C2C(=O)C[C@@H](c2ccccc2)C3)cc1OC. The highest BCUT2D eigenvalue weighted by Crippen LogP contribution is 2.47. The van der Waals surface area contributed by atoms with Crippen LogP contribution in [0.3, 0.4) is 0 Å². The first-order valence-corrected chi connectivity index (χ1v) is 9.68. The lowest BCUT2D eigenvalue weighted by atomic mass is 9.73. The minimum absolute atomic E-state index is 0.0138. The molecule has 0 spiro atoms. The standard InChI is InChI=1S/C24H22N2O4/c1-28-19-9-8-15(11-20(19)29-2)22-17(13-25)24(26)30-21-12-16(10-18(27)23(21)22)14-6-4-3-5-7-14/h3-9,11,16,22H,10,12,26H2,1-2H3/t16-,22-/m1/s1. The fraction of sp³-hybridized carbons (Fsp3) is 0.250. The fourth-order valence-electron chi connectivity index (χ4n) is 4.23. The molecule has 0 saturated heterocycles. The van der Waals surface area contributed by atoms with Gasteiger partial charge in [-0.3, -0.25) is 4.79 Å². The van der Waals surface area contributed by atoms with Crippen LogP contribution in [0.4, 0.5) is 0 Å². The molecule has 0 aromatic heterocycles. The van der Waals surface area contributed by atoms with Gasteiger partial charge in [-0.1, -0.05) is 36.4 Å². The number of nitrogens with zero attached hydrogens (tertiary/aromatic N) is 1. The van der Waals surface area contributed by atoms with E-state index in [9.17, 15) is 10.1 Å². The fourth-order valence-corrected chi connectivity index (χ4v) is 4.23. The number of rotatable bonds is 4. The number of hydrogen-bond acceptors (Lipinski definition) is 6. The van der Waals surface area contributed by atoms with Crippen LogP contribution < -0.4 is 15.2 Å². The van der Waals surface area contributed by atoms with Crippen LogP contribution in [0.25, 0.3) is 0 Å². The van der Waals surface area contributed by atoms with Crippen molar-refractivity contribution in [1.82, 2.24) is 0 Å². The molecular weight excluding hydrogens is 380 g/mol. The molecule has 152 valence electrons. The molecule has 2 atom stereocenters. The van der Waals surface area contributed by atoms with Gasteiger partial charge in [-0.05, 0) is 29.2 Å². The van der Waals surface area contributed by atoms with Gasteiger partial charge in [0.15, 0.2) is 17.3 Å². The quantitative estimate of drug-likeness (QED) is 0.833.